The summed E-state index contributed by atoms with van der Waals surface area (Å²) >= 11 is 1.54. The number of carbonyl (C=O) groups excluding carboxylic acids is 1. The first-order valence-electron chi connectivity index (χ1n) is 9.05. The van der Waals surface area contributed by atoms with Crippen molar-refractivity contribution in [1.82, 2.24) is 0 Å². The van der Waals surface area contributed by atoms with E-state index < -0.39 is 0 Å². The third kappa shape index (κ3) is 4.08. The second kappa shape index (κ2) is 7.92. The molecule has 0 unspecified atom stereocenters. The number of carbonyl (C=O) groups is 1. The molecule has 1 heterocycles. The minimum absolute atomic E-state index is 0.0646. The number of ether oxygens (including phenoxy) is 1. The van der Waals surface area contributed by atoms with Gasteiger partial charge in [-0.1, -0.05) is 32.9 Å². The summed E-state index contributed by atoms with van der Waals surface area (Å²) in [7, 11) is 0. The standard InChI is InChI=1S/C21H24N2O2S/c1-13(2)15-5-7-16(8-6-15)25-12-20(24)23-21-18(11-22)17-9-4-14(3)10-19(17)26-21/h5-8,13-14H,4,9-10,12H2,1-3H3,(H,23,24)/t14-/m0/s1. The quantitative estimate of drug-likeness (QED) is 0.818. The molecule has 0 saturated carbocycles. The third-order valence-corrected chi connectivity index (χ3v) is 5.96. The van der Waals surface area contributed by atoms with Gasteiger partial charge in [-0.15, -0.1) is 11.3 Å². The van der Waals surface area contributed by atoms with Crippen molar-refractivity contribution in [1.29, 1.82) is 5.26 Å². The van der Waals surface area contributed by atoms with Gasteiger partial charge in [0.25, 0.3) is 5.91 Å². The fourth-order valence-electron chi connectivity index (χ4n) is 3.22. The molecule has 1 amide bonds. The van der Waals surface area contributed by atoms with Crippen LogP contribution in [0.4, 0.5) is 5.00 Å². The number of nitrogens with zero attached hydrogens (tertiary/aromatic N) is 1. The van der Waals surface area contributed by atoms with Gasteiger partial charge in [-0.05, 0) is 54.4 Å². The maximum atomic E-state index is 12.3. The van der Waals surface area contributed by atoms with Gasteiger partial charge in [0.1, 0.15) is 16.8 Å². The van der Waals surface area contributed by atoms with Crippen LogP contribution in [0.1, 0.15) is 54.7 Å². The van der Waals surface area contributed by atoms with Crippen LogP contribution in [0.2, 0.25) is 0 Å². The molecule has 1 aromatic carbocycles. The number of nitrogens with one attached hydrogen (secondary N) is 1. The molecule has 4 nitrogen and oxygen atoms in total. The summed E-state index contributed by atoms with van der Waals surface area (Å²) in [5.74, 6) is 1.53. The first-order valence-corrected chi connectivity index (χ1v) is 9.86. The van der Waals surface area contributed by atoms with Crippen molar-refractivity contribution >= 4 is 22.2 Å². The van der Waals surface area contributed by atoms with Crippen LogP contribution in [0.25, 0.3) is 0 Å². The molecule has 3 rings (SSSR count). The summed E-state index contributed by atoms with van der Waals surface area (Å²) in [5.41, 5.74) is 2.99. The van der Waals surface area contributed by atoms with E-state index in [4.69, 9.17) is 4.74 Å². The van der Waals surface area contributed by atoms with Gasteiger partial charge >= 0.3 is 0 Å². The van der Waals surface area contributed by atoms with Crippen LogP contribution in [0.5, 0.6) is 5.75 Å². The van der Waals surface area contributed by atoms with Crippen molar-refractivity contribution in [3.8, 4) is 11.8 Å². The van der Waals surface area contributed by atoms with Gasteiger partial charge in [-0.25, -0.2) is 0 Å². The van der Waals surface area contributed by atoms with Gasteiger partial charge in [0.05, 0.1) is 5.56 Å². The van der Waals surface area contributed by atoms with Gasteiger partial charge in [-0.3, -0.25) is 4.79 Å². The number of nitriles is 1. The average molecular weight is 369 g/mol. The minimum Gasteiger partial charge on any atom is -0.484 e. The average Bonchev–Trinajstić information content (AvgIpc) is 2.96. The van der Waals surface area contributed by atoms with Crippen molar-refractivity contribution in [2.45, 2.75) is 46.0 Å². The summed E-state index contributed by atoms with van der Waals surface area (Å²) in [6.45, 7) is 6.44. The van der Waals surface area contributed by atoms with Crippen LogP contribution >= 0.6 is 11.3 Å². The fraction of sp³-hybridized carbons (Fsp3) is 0.429. The number of benzene rings is 1. The molecule has 5 heteroatoms. The molecular formula is C21H24N2O2S. The van der Waals surface area contributed by atoms with E-state index in [2.05, 4.69) is 32.2 Å². The van der Waals surface area contributed by atoms with Crippen LogP contribution in [-0.2, 0) is 17.6 Å². The highest BCUT2D eigenvalue weighted by Crippen LogP contribution is 2.39. The van der Waals surface area contributed by atoms with E-state index in [-0.39, 0.29) is 12.5 Å². The highest BCUT2D eigenvalue weighted by Gasteiger charge is 2.24. The molecule has 0 aliphatic heterocycles. The Morgan fingerprint density at radius 3 is 2.77 bits per heavy atom. The zero-order valence-electron chi connectivity index (χ0n) is 15.5. The van der Waals surface area contributed by atoms with E-state index >= 15 is 0 Å². The van der Waals surface area contributed by atoms with Crippen LogP contribution in [0.15, 0.2) is 24.3 Å². The summed E-state index contributed by atoms with van der Waals surface area (Å²) in [6, 6.07) is 10.1. The second-order valence-corrected chi connectivity index (χ2v) is 8.33. The van der Waals surface area contributed by atoms with Gasteiger partial charge in [0.2, 0.25) is 0 Å². The molecule has 26 heavy (non-hydrogen) atoms. The van der Waals surface area contributed by atoms with E-state index in [0.717, 1.165) is 24.8 Å². The Labute approximate surface area is 158 Å². The molecule has 0 bridgehead atoms. The van der Waals surface area contributed by atoms with Crippen molar-refractivity contribution in [2.75, 3.05) is 11.9 Å². The maximum absolute atomic E-state index is 12.3. The molecule has 0 radical (unpaired) electrons. The number of hydrogen-bond acceptors (Lipinski definition) is 4. The normalized spacial score (nSPS) is 16.0. The number of rotatable bonds is 5. The van der Waals surface area contributed by atoms with E-state index in [9.17, 15) is 10.1 Å². The molecular weight excluding hydrogens is 344 g/mol. The SMILES string of the molecule is CC(C)c1ccc(OCC(=O)Nc2sc3c(c2C#N)CC[C@H](C)C3)cc1. The van der Waals surface area contributed by atoms with Crippen LogP contribution in [-0.4, -0.2) is 12.5 Å². The zero-order chi connectivity index (χ0) is 18.7. The predicted octanol–water partition coefficient (Wildman–Crippen LogP) is 4.89. The second-order valence-electron chi connectivity index (χ2n) is 7.23. The van der Waals surface area contributed by atoms with Gasteiger partial charge < -0.3 is 10.1 Å². The van der Waals surface area contributed by atoms with Crippen LogP contribution in [0.3, 0.4) is 0 Å². The molecule has 1 atom stereocenters. The Balaban J connectivity index is 1.62. The smallest absolute Gasteiger partial charge is 0.262 e. The summed E-state index contributed by atoms with van der Waals surface area (Å²) < 4.78 is 5.58. The van der Waals surface area contributed by atoms with E-state index in [0.29, 0.717) is 28.1 Å². The van der Waals surface area contributed by atoms with Gasteiger partial charge in [0.15, 0.2) is 6.61 Å². The summed E-state index contributed by atoms with van der Waals surface area (Å²) in [5, 5.41) is 13.0. The number of hydrogen-bond donors (Lipinski definition) is 1. The summed E-state index contributed by atoms with van der Waals surface area (Å²) in [4.78, 5) is 13.5. The van der Waals surface area contributed by atoms with Crippen LogP contribution in [0, 0.1) is 17.2 Å². The molecule has 1 N–H and O–H groups in total. The van der Waals surface area contributed by atoms with E-state index in [1.165, 1.54) is 21.8 Å². The maximum Gasteiger partial charge on any atom is 0.262 e. The lowest BCUT2D eigenvalue weighted by Gasteiger charge is -2.17. The largest absolute Gasteiger partial charge is 0.484 e. The Hall–Kier alpha value is -2.32. The monoisotopic (exact) mass is 368 g/mol. The van der Waals surface area contributed by atoms with Gasteiger partial charge in [0, 0.05) is 4.88 Å². The Bertz CT molecular complexity index is 831. The first-order chi connectivity index (χ1) is 12.5. The van der Waals surface area contributed by atoms with Crippen molar-refractivity contribution in [3.63, 3.8) is 0 Å². The Kier molecular flexibility index (Phi) is 5.63. The molecule has 1 aliphatic carbocycles. The summed E-state index contributed by atoms with van der Waals surface area (Å²) in [6.07, 6.45) is 3.01. The molecule has 136 valence electrons. The number of amides is 1. The lowest BCUT2D eigenvalue weighted by Crippen LogP contribution is -2.20. The van der Waals surface area contributed by atoms with Crippen molar-refractivity contribution < 1.29 is 9.53 Å². The minimum atomic E-state index is -0.235. The predicted molar refractivity (Wildman–Crippen MR) is 105 cm³/mol. The Morgan fingerprint density at radius 2 is 2.12 bits per heavy atom. The van der Waals surface area contributed by atoms with Gasteiger partial charge in [-0.2, -0.15) is 5.26 Å². The molecule has 1 aromatic heterocycles. The number of thiophene rings is 1. The lowest BCUT2D eigenvalue weighted by atomic mass is 9.89. The number of fused-ring (bicyclic) bond motifs is 1. The topological polar surface area (TPSA) is 62.1 Å². The number of anilines is 1. The zero-order valence-corrected chi connectivity index (χ0v) is 16.3. The van der Waals surface area contributed by atoms with E-state index in [1.54, 1.807) is 0 Å². The molecule has 1 aliphatic rings. The van der Waals surface area contributed by atoms with Crippen molar-refractivity contribution in [2.24, 2.45) is 5.92 Å². The highest BCUT2D eigenvalue weighted by atomic mass is 32.1. The molecule has 0 fully saturated rings. The highest BCUT2D eigenvalue weighted by molar-refractivity contribution is 7.16. The lowest BCUT2D eigenvalue weighted by molar-refractivity contribution is -0.118. The third-order valence-electron chi connectivity index (χ3n) is 4.79. The Morgan fingerprint density at radius 1 is 1.38 bits per heavy atom. The van der Waals surface area contributed by atoms with Crippen molar-refractivity contribution in [3.05, 3.63) is 45.8 Å². The van der Waals surface area contributed by atoms with Crippen LogP contribution < -0.4 is 10.1 Å². The van der Waals surface area contributed by atoms with E-state index in [1.807, 2.05) is 24.3 Å². The molecule has 2 aromatic rings. The molecule has 0 saturated heterocycles. The fourth-order valence-corrected chi connectivity index (χ4v) is 4.60. The first kappa shape index (κ1) is 18.5. The molecule has 0 spiro atoms.